The SMILES string of the molecule is COc1cc(C=CC(=O)OCC(=O)NC(N)=O)cc(OC)c1OC. The second-order valence-electron chi connectivity index (χ2n) is 4.31. The summed E-state index contributed by atoms with van der Waals surface area (Å²) < 4.78 is 20.2. The summed E-state index contributed by atoms with van der Waals surface area (Å²) in [6.45, 7) is -0.624. The van der Waals surface area contributed by atoms with Gasteiger partial charge in [-0.15, -0.1) is 0 Å². The fourth-order valence-electron chi connectivity index (χ4n) is 1.72. The predicted molar refractivity (Wildman–Crippen MR) is 83.8 cm³/mol. The van der Waals surface area contributed by atoms with Gasteiger partial charge < -0.3 is 24.7 Å². The smallest absolute Gasteiger partial charge is 0.331 e. The zero-order valence-electron chi connectivity index (χ0n) is 13.5. The highest BCUT2D eigenvalue weighted by atomic mass is 16.5. The molecule has 9 nitrogen and oxygen atoms in total. The molecule has 0 atom stereocenters. The van der Waals surface area contributed by atoms with Gasteiger partial charge in [0.1, 0.15) is 0 Å². The Morgan fingerprint density at radius 3 is 2.12 bits per heavy atom. The summed E-state index contributed by atoms with van der Waals surface area (Å²) in [5.41, 5.74) is 5.34. The van der Waals surface area contributed by atoms with E-state index in [0.29, 0.717) is 22.8 Å². The van der Waals surface area contributed by atoms with E-state index in [2.05, 4.69) is 4.74 Å². The van der Waals surface area contributed by atoms with Crippen molar-refractivity contribution >= 4 is 24.0 Å². The minimum atomic E-state index is -1.02. The van der Waals surface area contributed by atoms with Crippen molar-refractivity contribution in [2.24, 2.45) is 5.73 Å². The third-order valence-corrected chi connectivity index (χ3v) is 2.71. The average molecular weight is 338 g/mol. The molecule has 1 aromatic rings. The number of amides is 3. The van der Waals surface area contributed by atoms with E-state index in [0.717, 1.165) is 6.08 Å². The molecule has 1 rings (SSSR count). The van der Waals surface area contributed by atoms with Crippen LogP contribution in [-0.2, 0) is 14.3 Å². The zero-order valence-corrected chi connectivity index (χ0v) is 13.5. The van der Waals surface area contributed by atoms with E-state index in [4.69, 9.17) is 19.9 Å². The lowest BCUT2D eigenvalue weighted by Gasteiger charge is -2.12. The van der Waals surface area contributed by atoms with Crippen molar-refractivity contribution in [2.75, 3.05) is 27.9 Å². The van der Waals surface area contributed by atoms with E-state index in [1.54, 1.807) is 17.4 Å². The summed E-state index contributed by atoms with van der Waals surface area (Å²) in [5, 5.41) is 1.77. The molecule has 0 heterocycles. The molecule has 0 radical (unpaired) electrons. The number of nitrogens with one attached hydrogen (secondary N) is 1. The van der Waals surface area contributed by atoms with Crippen LogP contribution in [0.4, 0.5) is 4.79 Å². The van der Waals surface area contributed by atoms with Gasteiger partial charge in [0.15, 0.2) is 18.1 Å². The standard InChI is InChI=1S/C15H18N2O7/c1-21-10-6-9(7-11(22-2)14(10)23-3)4-5-13(19)24-8-12(18)17-15(16)20/h4-7H,8H2,1-3H3,(H3,16,17,18,20). The molecule has 0 spiro atoms. The molecular weight excluding hydrogens is 320 g/mol. The first-order chi connectivity index (χ1) is 11.4. The minimum Gasteiger partial charge on any atom is -0.493 e. The van der Waals surface area contributed by atoms with Crippen LogP contribution in [0, 0.1) is 0 Å². The summed E-state index contributed by atoms with van der Waals surface area (Å²) in [6.07, 6.45) is 2.55. The van der Waals surface area contributed by atoms with Gasteiger partial charge in [-0.3, -0.25) is 10.1 Å². The van der Waals surface area contributed by atoms with Gasteiger partial charge in [-0.05, 0) is 23.8 Å². The largest absolute Gasteiger partial charge is 0.493 e. The normalized spacial score (nSPS) is 10.1. The predicted octanol–water partition coefficient (Wildman–Crippen LogP) is 0.464. The lowest BCUT2D eigenvalue weighted by molar-refractivity contribution is -0.143. The Kier molecular flexibility index (Phi) is 7.08. The molecule has 0 fully saturated rings. The first-order valence-electron chi connectivity index (χ1n) is 6.65. The highest BCUT2D eigenvalue weighted by Crippen LogP contribution is 2.38. The molecule has 0 aliphatic carbocycles. The summed E-state index contributed by atoms with van der Waals surface area (Å²) >= 11 is 0. The maximum atomic E-state index is 11.5. The van der Waals surface area contributed by atoms with Crippen LogP contribution in [0.5, 0.6) is 17.2 Å². The zero-order chi connectivity index (χ0) is 18.1. The van der Waals surface area contributed by atoms with E-state index in [1.165, 1.54) is 27.4 Å². The van der Waals surface area contributed by atoms with Gasteiger partial charge in [0.05, 0.1) is 21.3 Å². The number of methoxy groups -OCH3 is 3. The van der Waals surface area contributed by atoms with Crippen molar-refractivity contribution in [1.82, 2.24) is 5.32 Å². The number of nitrogens with two attached hydrogens (primary N) is 1. The molecule has 0 aliphatic heterocycles. The van der Waals surface area contributed by atoms with Crippen molar-refractivity contribution in [3.8, 4) is 17.2 Å². The van der Waals surface area contributed by atoms with E-state index in [9.17, 15) is 14.4 Å². The van der Waals surface area contributed by atoms with Crippen LogP contribution in [0.2, 0.25) is 0 Å². The highest BCUT2D eigenvalue weighted by Gasteiger charge is 2.12. The van der Waals surface area contributed by atoms with Gasteiger partial charge in [0.2, 0.25) is 5.75 Å². The van der Waals surface area contributed by atoms with Crippen LogP contribution in [0.25, 0.3) is 6.08 Å². The van der Waals surface area contributed by atoms with Gasteiger partial charge in [0.25, 0.3) is 5.91 Å². The third-order valence-electron chi connectivity index (χ3n) is 2.71. The van der Waals surface area contributed by atoms with Crippen LogP contribution in [0.15, 0.2) is 18.2 Å². The number of urea groups is 1. The average Bonchev–Trinajstić information content (AvgIpc) is 2.56. The number of benzene rings is 1. The van der Waals surface area contributed by atoms with Gasteiger partial charge in [-0.2, -0.15) is 0 Å². The summed E-state index contributed by atoms with van der Waals surface area (Å²) in [4.78, 5) is 33.1. The molecule has 0 unspecified atom stereocenters. The monoisotopic (exact) mass is 338 g/mol. The fourth-order valence-corrected chi connectivity index (χ4v) is 1.72. The first-order valence-corrected chi connectivity index (χ1v) is 6.65. The van der Waals surface area contributed by atoms with E-state index in [1.807, 2.05) is 0 Å². The molecule has 0 saturated carbocycles. The summed E-state index contributed by atoms with van der Waals surface area (Å²) in [7, 11) is 4.41. The molecule has 9 heteroatoms. The van der Waals surface area contributed by atoms with E-state index >= 15 is 0 Å². The number of imide groups is 1. The Bertz CT molecular complexity index is 630. The van der Waals surface area contributed by atoms with Crippen LogP contribution >= 0.6 is 0 Å². The Morgan fingerprint density at radius 2 is 1.67 bits per heavy atom. The molecular formula is C15H18N2O7. The van der Waals surface area contributed by atoms with Gasteiger partial charge in [-0.1, -0.05) is 0 Å². The van der Waals surface area contributed by atoms with Crippen molar-refractivity contribution < 1.29 is 33.3 Å². The van der Waals surface area contributed by atoms with Gasteiger partial charge >= 0.3 is 12.0 Å². The first kappa shape index (κ1) is 18.8. The molecule has 1 aromatic carbocycles. The number of carbonyl (C=O) groups is 3. The van der Waals surface area contributed by atoms with E-state index in [-0.39, 0.29) is 0 Å². The number of rotatable bonds is 7. The summed E-state index contributed by atoms with van der Waals surface area (Å²) in [5.74, 6) is -0.334. The maximum absolute atomic E-state index is 11.5. The molecule has 0 aliphatic rings. The lowest BCUT2D eigenvalue weighted by Crippen LogP contribution is -2.37. The number of carbonyl (C=O) groups excluding carboxylic acids is 3. The third kappa shape index (κ3) is 5.52. The van der Waals surface area contributed by atoms with Crippen molar-refractivity contribution in [2.45, 2.75) is 0 Å². The quantitative estimate of drug-likeness (QED) is 0.546. The number of primary amides is 1. The van der Waals surface area contributed by atoms with Crippen LogP contribution in [0.1, 0.15) is 5.56 Å². The van der Waals surface area contributed by atoms with Crippen LogP contribution < -0.4 is 25.3 Å². The minimum absolute atomic E-state index is 0.419. The molecule has 24 heavy (non-hydrogen) atoms. The number of esters is 1. The van der Waals surface area contributed by atoms with Gasteiger partial charge in [0, 0.05) is 6.08 Å². The fraction of sp³-hybridized carbons (Fsp3) is 0.267. The molecule has 0 saturated heterocycles. The molecule has 0 aromatic heterocycles. The highest BCUT2D eigenvalue weighted by molar-refractivity contribution is 5.95. The Labute approximate surface area is 138 Å². The van der Waals surface area contributed by atoms with Crippen molar-refractivity contribution in [3.05, 3.63) is 23.8 Å². The maximum Gasteiger partial charge on any atom is 0.331 e. The molecule has 3 amide bonds. The van der Waals surface area contributed by atoms with Gasteiger partial charge in [-0.25, -0.2) is 9.59 Å². The molecule has 130 valence electrons. The number of ether oxygens (including phenoxy) is 4. The summed E-state index contributed by atoms with van der Waals surface area (Å²) in [6, 6.07) is 2.24. The van der Waals surface area contributed by atoms with E-state index < -0.39 is 24.5 Å². The number of hydrogen-bond acceptors (Lipinski definition) is 7. The Hall–Kier alpha value is -3.23. The second kappa shape index (κ2) is 9.03. The molecule has 3 N–H and O–H groups in total. The van der Waals surface area contributed by atoms with Crippen molar-refractivity contribution in [1.29, 1.82) is 0 Å². The number of hydrogen-bond donors (Lipinski definition) is 2. The Balaban J connectivity index is 2.77. The second-order valence-corrected chi connectivity index (χ2v) is 4.31. The topological polar surface area (TPSA) is 126 Å². The van der Waals surface area contributed by atoms with Crippen LogP contribution in [-0.4, -0.2) is 45.8 Å². The molecule has 0 bridgehead atoms. The lowest BCUT2D eigenvalue weighted by atomic mass is 10.1. The van der Waals surface area contributed by atoms with Crippen molar-refractivity contribution in [3.63, 3.8) is 0 Å². The van der Waals surface area contributed by atoms with Crippen LogP contribution in [0.3, 0.4) is 0 Å². The Morgan fingerprint density at radius 1 is 1.08 bits per heavy atom.